The van der Waals surface area contributed by atoms with Crippen LogP contribution >= 0.6 is 35.4 Å². The number of H-pyrrole nitrogens is 1. The maximum absolute atomic E-state index is 14.0. The Morgan fingerprint density at radius 2 is 1.86 bits per heavy atom. The monoisotopic (exact) mass is 340 g/mol. The van der Waals surface area contributed by atoms with Crippen molar-refractivity contribution >= 4 is 46.5 Å². The van der Waals surface area contributed by atoms with Crippen LogP contribution in [-0.4, -0.2) is 9.55 Å². The van der Waals surface area contributed by atoms with Crippen molar-refractivity contribution in [3.63, 3.8) is 0 Å². The van der Waals surface area contributed by atoms with Crippen molar-refractivity contribution in [2.45, 2.75) is 13.0 Å². The molecule has 1 aromatic heterocycles. The molecule has 21 heavy (non-hydrogen) atoms. The second-order valence-electron chi connectivity index (χ2n) is 4.78. The summed E-state index contributed by atoms with van der Waals surface area (Å²) in [6.07, 6.45) is 0. The van der Waals surface area contributed by atoms with Gasteiger partial charge < -0.3 is 9.55 Å². The first-order valence-electron chi connectivity index (χ1n) is 6.32. The van der Waals surface area contributed by atoms with Crippen molar-refractivity contribution in [2.75, 3.05) is 0 Å². The van der Waals surface area contributed by atoms with E-state index in [1.165, 1.54) is 6.07 Å². The van der Waals surface area contributed by atoms with Crippen LogP contribution in [-0.2, 0) is 0 Å². The topological polar surface area (TPSA) is 20.7 Å². The van der Waals surface area contributed by atoms with E-state index in [1.807, 2.05) is 11.5 Å². The van der Waals surface area contributed by atoms with E-state index in [2.05, 4.69) is 4.98 Å². The van der Waals surface area contributed by atoms with Crippen LogP contribution in [0.4, 0.5) is 4.39 Å². The van der Waals surface area contributed by atoms with E-state index in [9.17, 15) is 4.39 Å². The first-order chi connectivity index (χ1) is 9.99. The van der Waals surface area contributed by atoms with Gasteiger partial charge in [-0.05, 0) is 37.3 Å². The largest absolute Gasteiger partial charge is 0.331 e. The molecule has 1 heterocycles. The summed E-state index contributed by atoms with van der Waals surface area (Å²) in [4.78, 5) is 3.08. The van der Waals surface area contributed by atoms with Gasteiger partial charge in [0.05, 0.1) is 27.1 Å². The van der Waals surface area contributed by atoms with Crippen LogP contribution in [0, 0.1) is 10.6 Å². The fourth-order valence-corrected chi connectivity index (χ4v) is 3.15. The summed E-state index contributed by atoms with van der Waals surface area (Å²) in [5.74, 6) is -0.263. The molecule has 0 amide bonds. The summed E-state index contributed by atoms with van der Waals surface area (Å²) in [7, 11) is 0. The van der Waals surface area contributed by atoms with Crippen molar-refractivity contribution < 1.29 is 4.39 Å². The molecule has 1 unspecified atom stereocenters. The highest BCUT2D eigenvalue weighted by Crippen LogP contribution is 2.31. The lowest BCUT2D eigenvalue weighted by molar-refractivity contribution is 0.561. The average molecular weight is 341 g/mol. The van der Waals surface area contributed by atoms with Crippen LogP contribution < -0.4 is 0 Å². The SMILES string of the molecule is CC(c1ccccc1F)n1c(=S)[nH]c2cc(Cl)c(Cl)cc21. The average Bonchev–Trinajstić information content (AvgIpc) is 2.74. The normalized spacial score (nSPS) is 12.8. The second-order valence-corrected chi connectivity index (χ2v) is 5.98. The maximum Gasteiger partial charge on any atom is 0.178 e. The van der Waals surface area contributed by atoms with Gasteiger partial charge in [-0.3, -0.25) is 0 Å². The third-order valence-electron chi connectivity index (χ3n) is 3.50. The Morgan fingerprint density at radius 3 is 2.57 bits per heavy atom. The molecule has 0 aliphatic heterocycles. The number of fused-ring (bicyclic) bond motifs is 1. The molecule has 1 N–H and O–H groups in total. The molecule has 1 atom stereocenters. The molecule has 0 radical (unpaired) electrons. The number of nitrogens with zero attached hydrogens (tertiary/aromatic N) is 1. The minimum absolute atomic E-state index is 0.260. The van der Waals surface area contributed by atoms with Crippen molar-refractivity contribution in [3.8, 4) is 0 Å². The van der Waals surface area contributed by atoms with E-state index < -0.39 is 0 Å². The van der Waals surface area contributed by atoms with E-state index >= 15 is 0 Å². The second kappa shape index (κ2) is 5.44. The van der Waals surface area contributed by atoms with Crippen LogP contribution in [0.2, 0.25) is 10.0 Å². The zero-order chi connectivity index (χ0) is 15.1. The van der Waals surface area contributed by atoms with Crippen LogP contribution in [0.5, 0.6) is 0 Å². The predicted octanol–water partition coefficient (Wildman–Crippen LogP) is 5.75. The number of nitrogens with one attached hydrogen (secondary N) is 1. The molecule has 0 spiro atoms. The highest BCUT2D eigenvalue weighted by Gasteiger charge is 2.17. The Hall–Kier alpha value is -1.36. The van der Waals surface area contributed by atoms with E-state index in [0.29, 0.717) is 20.4 Å². The fraction of sp³-hybridized carbons (Fsp3) is 0.133. The Balaban J connectivity index is 2.25. The number of hydrogen-bond donors (Lipinski definition) is 1. The Labute approximate surface area is 136 Å². The van der Waals surface area contributed by atoms with Crippen LogP contribution in [0.25, 0.3) is 11.0 Å². The van der Waals surface area contributed by atoms with Crippen LogP contribution in [0.15, 0.2) is 36.4 Å². The minimum Gasteiger partial charge on any atom is -0.331 e. The van der Waals surface area contributed by atoms with Gasteiger partial charge in [0, 0.05) is 5.56 Å². The van der Waals surface area contributed by atoms with Crippen LogP contribution in [0.3, 0.4) is 0 Å². The lowest BCUT2D eigenvalue weighted by atomic mass is 10.1. The van der Waals surface area contributed by atoms with Crippen LogP contribution in [0.1, 0.15) is 18.5 Å². The fourth-order valence-electron chi connectivity index (χ4n) is 2.46. The molecule has 0 aliphatic rings. The number of aromatic nitrogens is 2. The van der Waals surface area contributed by atoms with Gasteiger partial charge in [0.1, 0.15) is 5.82 Å². The molecule has 3 aromatic rings. The summed E-state index contributed by atoms with van der Waals surface area (Å²) in [5.41, 5.74) is 2.14. The lowest BCUT2D eigenvalue weighted by Gasteiger charge is -2.16. The Morgan fingerprint density at radius 1 is 1.19 bits per heavy atom. The minimum atomic E-state index is -0.263. The zero-order valence-electron chi connectivity index (χ0n) is 11.0. The molecule has 6 heteroatoms. The summed E-state index contributed by atoms with van der Waals surface area (Å²) >= 11 is 17.5. The summed E-state index contributed by atoms with van der Waals surface area (Å²) in [6.45, 7) is 1.89. The Kier molecular flexibility index (Phi) is 3.78. The zero-order valence-corrected chi connectivity index (χ0v) is 13.4. The van der Waals surface area contributed by atoms with E-state index in [0.717, 1.165) is 11.0 Å². The van der Waals surface area contributed by atoms with E-state index in [-0.39, 0.29) is 11.9 Å². The molecule has 0 aliphatic carbocycles. The lowest BCUT2D eigenvalue weighted by Crippen LogP contribution is -2.08. The molecular weight excluding hydrogens is 330 g/mol. The third-order valence-corrected chi connectivity index (χ3v) is 4.52. The quantitative estimate of drug-likeness (QED) is 0.588. The molecule has 2 nitrogen and oxygen atoms in total. The van der Waals surface area contributed by atoms with Gasteiger partial charge in [-0.15, -0.1) is 0 Å². The number of aromatic amines is 1. The predicted molar refractivity (Wildman–Crippen MR) is 87.4 cm³/mol. The summed E-state index contributed by atoms with van der Waals surface area (Å²) < 4.78 is 16.3. The number of halogens is 3. The molecular formula is C15H11Cl2FN2S. The smallest absolute Gasteiger partial charge is 0.178 e. The molecule has 0 saturated carbocycles. The maximum atomic E-state index is 14.0. The van der Waals surface area contributed by atoms with Gasteiger partial charge in [0.15, 0.2) is 4.77 Å². The van der Waals surface area contributed by atoms with Crippen molar-refractivity contribution in [3.05, 3.63) is 62.6 Å². The number of rotatable bonds is 2. The van der Waals surface area contributed by atoms with Crippen molar-refractivity contribution in [1.82, 2.24) is 9.55 Å². The van der Waals surface area contributed by atoms with Gasteiger partial charge in [0.25, 0.3) is 0 Å². The van der Waals surface area contributed by atoms with E-state index in [1.54, 1.807) is 30.3 Å². The molecule has 0 fully saturated rings. The summed E-state index contributed by atoms with van der Waals surface area (Å²) in [5, 5.41) is 0.888. The number of hydrogen-bond acceptors (Lipinski definition) is 1. The van der Waals surface area contributed by atoms with Gasteiger partial charge in [-0.25, -0.2) is 4.39 Å². The third kappa shape index (κ3) is 2.48. The number of imidazole rings is 1. The molecule has 108 valence electrons. The molecule has 3 rings (SSSR count). The van der Waals surface area contributed by atoms with E-state index in [4.69, 9.17) is 35.4 Å². The first kappa shape index (κ1) is 14.6. The summed E-state index contributed by atoms with van der Waals surface area (Å²) in [6, 6.07) is 9.85. The highest BCUT2D eigenvalue weighted by molar-refractivity contribution is 7.71. The molecule has 0 bridgehead atoms. The van der Waals surface area contributed by atoms with Gasteiger partial charge >= 0.3 is 0 Å². The first-order valence-corrected chi connectivity index (χ1v) is 7.49. The van der Waals surface area contributed by atoms with Gasteiger partial charge in [-0.1, -0.05) is 41.4 Å². The Bertz CT molecular complexity index is 885. The van der Waals surface area contributed by atoms with Gasteiger partial charge in [0.2, 0.25) is 0 Å². The van der Waals surface area contributed by atoms with Crippen molar-refractivity contribution in [2.24, 2.45) is 0 Å². The van der Waals surface area contributed by atoms with Gasteiger partial charge in [-0.2, -0.15) is 0 Å². The molecule has 0 saturated heterocycles. The standard InChI is InChI=1S/C15H11Cl2FN2S/c1-8(9-4-2-3-5-12(9)18)20-14-7-11(17)10(16)6-13(14)19-15(20)21/h2-8H,1H3,(H,19,21). The van der Waals surface area contributed by atoms with Crippen molar-refractivity contribution in [1.29, 1.82) is 0 Å². The number of benzene rings is 2. The highest BCUT2D eigenvalue weighted by atomic mass is 35.5. The molecule has 2 aromatic carbocycles.